The Morgan fingerprint density at radius 3 is 2.54 bits per heavy atom. The van der Waals surface area contributed by atoms with Gasteiger partial charge < -0.3 is 10.2 Å². The summed E-state index contributed by atoms with van der Waals surface area (Å²) >= 11 is 9.98. The van der Waals surface area contributed by atoms with Crippen LogP contribution in [0.3, 0.4) is 0 Å². The predicted octanol–water partition coefficient (Wildman–Crippen LogP) is 4.26. The fourth-order valence-electron chi connectivity index (χ4n) is 3.48. The van der Waals surface area contributed by atoms with E-state index >= 15 is 0 Å². The smallest absolute Gasteiger partial charge is 0.263 e. The molecule has 2 saturated heterocycles. The fraction of sp³-hybridized carbons (Fsp3) is 0.238. The minimum absolute atomic E-state index is 0.117. The molecule has 0 atom stereocenters. The monoisotopic (exact) mass is 473 g/mol. The van der Waals surface area contributed by atoms with Crippen LogP contribution in [-0.2, 0) is 11.3 Å². The molecule has 0 unspecified atom stereocenters. The van der Waals surface area contributed by atoms with Gasteiger partial charge in [0, 0.05) is 48.4 Å². The molecule has 0 radical (unpaired) electrons. The SMILES string of the molecule is O=C1NC(=S)SC1=Cc1cc(Br)ccc1N1CCN(Cc2ccccc2)CC1. The molecule has 2 aromatic carbocycles. The number of benzene rings is 2. The zero-order chi connectivity index (χ0) is 19.5. The van der Waals surface area contributed by atoms with Gasteiger partial charge in [-0.15, -0.1) is 0 Å². The second-order valence-corrected chi connectivity index (χ2v) is 9.44. The number of rotatable bonds is 4. The van der Waals surface area contributed by atoms with E-state index < -0.39 is 0 Å². The van der Waals surface area contributed by atoms with Gasteiger partial charge in [-0.1, -0.05) is 70.2 Å². The van der Waals surface area contributed by atoms with Crippen molar-refractivity contribution in [1.29, 1.82) is 0 Å². The number of hydrogen-bond donors (Lipinski definition) is 1. The molecule has 1 N–H and O–H groups in total. The number of nitrogens with one attached hydrogen (secondary N) is 1. The highest BCUT2D eigenvalue weighted by molar-refractivity contribution is 9.10. The third kappa shape index (κ3) is 4.66. The molecule has 0 spiro atoms. The highest BCUT2D eigenvalue weighted by atomic mass is 79.9. The molecule has 0 aromatic heterocycles. The molecule has 4 nitrogen and oxygen atoms in total. The van der Waals surface area contributed by atoms with Crippen LogP contribution in [-0.4, -0.2) is 41.3 Å². The number of amides is 1. The molecule has 28 heavy (non-hydrogen) atoms. The largest absolute Gasteiger partial charge is 0.368 e. The Bertz CT molecular complexity index is 925. The van der Waals surface area contributed by atoms with Crippen LogP contribution in [0.1, 0.15) is 11.1 Å². The van der Waals surface area contributed by atoms with Crippen molar-refractivity contribution in [2.45, 2.75) is 6.54 Å². The molecule has 2 aromatic rings. The van der Waals surface area contributed by atoms with Gasteiger partial charge in [0.15, 0.2) is 0 Å². The summed E-state index contributed by atoms with van der Waals surface area (Å²) in [7, 11) is 0. The van der Waals surface area contributed by atoms with Crippen molar-refractivity contribution in [1.82, 2.24) is 10.2 Å². The topological polar surface area (TPSA) is 35.6 Å². The van der Waals surface area contributed by atoms with Gasteiger partial charge in [-0.3, -0.25) is 9.69 Å². The van der Waals surface area contributed by atoms with Gasteiger partial charge in [0.1, 0.15) is 4.32 Å². The van der Waals surface area contributed by atoms with Crippen LogP contribution in [0, 0.1) is 0 Å². The number of anilines is 1. The van der Waals surface area contributed by atoms with Crippen LogP contribution in [0.4, 0.5) is 5.69 Å². The van der Waals surface area contributed by atoms with E-state index in [-0.39, 0.29) is 5.91 Å². The number of carbonyl (C=O) groups is 1. The Balaban J connectivity index is 1.49. The van der Waals surface area contributed by atoms with E-state index in [1.54, 1.807) is 0 Å². The van der Waals surface area contributed by atoms with Gasteiger partial charge in [0.25, 0.3) is 5.91 Å². The Hall–Kier alpha value is -1.67. The molecule has 2 aliphatic heterocycles. The number of thioether (sulfide) groups is 1. The molecule has 2 aliphatic rings. The first-order valence-corrected chi connectivity index (χ1v) is 11.2. The van der Waals surface area contributed by atoms with E-state index in [0.29, 0.717) is 9.23 Å². The highest BCUT2D eigenvalue weighted by Crippen LogP contribution is 2.32. The molecule has 0 aliphatic carbocycles. The van der Waals surface area contributed by atoms with Crippen molar-refractivity contribution in [3.05, 3.63) is 69.0 Å². The second kappa shape index (κ2) is 8.78. The van der Waals surface area contributed by atoms with E-state index in [1.165, 1.54) is 17.3 Å². The minimum Gasteiger partial charge on any atom is -0.368 e. The van der Waals surface area contributed by atoms with Gasteiger partial charge in [0.2, 0.25) is 0 Å². The number of hydrogen-bond acceptors (Lipinski definition) is 5. The summed E-state index contributed by atoms with van der Waals surface area (Å²) < 4.78 is 1.51. The lowest BCUT2D eigenvalue weighted by Crippen LogP contribution is -2.46. The lowest BCUT2D eigenvalue weighted by Gasteiger charge is -2.37. The molecular weight excluding hydrogens is 454 g/mol. The van der Waals surface area contributed by atoms with Crippen molar-refractivity contribution >= 4 is 61.9 Å². The molecule has 2 fully saturated rings. The van der Waals surface area contributed by atoms with Crippen LogP contribution in [0.2, 0.25) is 0 Å². The summed E-state index contributed by atoms with van der Waals surface area (Å²) in [4.78, 5) is 17.6. The van der Waals surface area contributed by atoms with Crippen molar-refractivity contribution in [2.75, 3.05) is 31.1 Å². The molecule has 0 bridgehead atoms. The fourth-order valence-corrected chi connectivity index (χ4v) is 4.89. The maximum absolute atomic E-state index is 12.1. The number of nitrogens with zero attached hydrogens (tertiary/aromatic N) is 2. The van der Waals surface area contributed by atoms with Gasteiger partial charge in [-0.05, 0) is 29.8 Å². The summed E-state index contributed by atoms with van der Waals surface area (Å²) in [5, 5.41) is 2.68. The van der Waals surface area contributed by atoms with E-state index in [9.17, 15) is 4.79 Å². The average molecular weight is 474 g/mol. The zero-order valence-corrected chi connectivity index (χ0v) is 18.4. The first-order chi connectivity index (χ1) is 13.6. The van der Waals surface area contributed by atoms with E-state index in [0.717, 1.165) is 48.4 Å². The van der Waals surface area contributed by atoms with E-state index in [1.807, 2.05) is 6.08 Å². The minimum atomic E-state index is -0.117. The second-order valence-electron chi connectivity index (χ2n) is 6.80. The zero-order valence-electron chi connectivity index (χ0n) is 15.2. The molecule has 7 heteroatoms. The van der Waals surface area contributed by atoms with Gasteiger partial charge in [-0.25, -0.2) is 0 Å². The van der Waals surface area contributed by atoms with Crippen LogP contribution in [0.25, 0.3) is 6.08 Å². The van der Waals surface area contributed by atoms with Crippen LogP contribution < -0.4 is 10.2 Å². The summed E-state index contributed by atoms with van der Waals surface area (Å²) in [6.45, 7) is 4.94. The number of carbonyl (C=O) groups excluding carboxylic acids is 1. The van der Waals surface area contributed by atoms with Gasteiger partial charge in [0.05, 0.1) is 4.91 Å². The van der Waals surface area contributed by atoms with Crippen molar-refractivity contribution in [3.63, 3.8) is 0 Å². The maximum Gasteiger partial charge on any atom is 0.263 e. The molecule has 1 amide bonds. The van der Waals surface area contributed by atoms with Crippen LogP contribution >= 0.6 is 39.9 Å². The van der Waals surface area contributed by atoms with E-state index in [4.69, 9.17) is 12.2 Å². The summed E-state index contributed by atoms with van der Waals surface area (Å²) in [5.41, 5.74) is 3.54. The first kappa shape index (κ1) is 19.6. The first-order valence-electron chi connectivity index (χ1n) is 9.14. The molecule has 2 heterocycles. The Labute approximate surface area is 183 Å². The van der Waals surface area contributed by atoms with Gasteiger partial charge in [-0.2, -0.15) is 0 Å². The lowest BCUT2D eigenvalue weighted by atomic mass is 10.1. The Morgan fingerprint density at radius 1 is 1.11 bits per heavy atom. The number of piperazine rings is 1. The quantitative estimate of drug-likeness (QED) is 0.530. The summed E-state index contributed by atoms with van der Waals surface area (Å²) in [6.07, 6.45) is 1.94. The highest BCUT2D eigenvalue weighted by Gasteiger charge is 2.24. The third-order valence-electron chi connectivity index (χ3n) is 4.88. The lowest BCUT2D eigenvalue weighted by molar-refractivity contribution is -0.115. The molecular formula is C21H20BrN3OS2. The molecule has 0 saturated carbocycles. The van der Waals surface area contributed by atoms with Crippen LogP contribution in [0.5, 0.6) is 0 Å². The van der Waals surface area contributed by atoms with Crippen molar-refractivity contribution in [3.8, 4) is 0 Å². The van der Waals surface area contributed by atoms with Crippen LogP contribution in [0.15, 0.2) is 57.9 Å². The number of thiocarbonyl (C=S) groups is 1. The normalized spacial score (nSPS) is 19.3. The Morgan fingerprint density at radius 2 is 1.86 bits per heavy atom. The standard InChI is InChI=1S/C21H20BrN3OS2/c22-17-6-7-18(16(12-17)13-19-20(26)23-21(27)28-19)25-10-8-24(9-11-25)14-15-4-2-1-3-5-15/h1-7,12-13H,8-11,14H2,(H,23,26,27). The van der Waals surface area contributed by atoms with E-state index in [2.05, 4.69) is 79.6 Å². The number of halogens is 1. The molecule has 144 valence electrons. The third-order valence-corrected chi connectivity index (χ3v) is 6.54. The summed E-state index contributed by atoms with van der Waals surface area (Å²) in [6, 6.07) is 16.8. The maximum atomic E-state index is 12.1. The Kier molecular flexibility index (Phi) is 6.16. The average Bonchev–Trinajstić information content (AvgIpc) is 3.00. The van der Waals surface area contributed by atoms with Crippen molar-refractivity contribution < 1.29 is 4.79 Å². The summed E-state index contributed by atoms with van der Waals surface area (Å²) in [5.74, 6) is -0.117. The van der Waals surface area contributed by atoms with Crippen molar-refractivity contribution in [2.24, 2.45) is 0 Å². The predicted molar refractivity (Wildman–Crippen MR) is 124 cm³/mol. The van der Waals surface area contributed by atoms with Gasteiger partial charge >= 0.3 is 0 Å². The molecule has 4 rings (SSSR count).